The maximum absolute atomic E-state index is 13.8. The van der Waals surface area contributed by atoms with Crippen LogP contribution in [0.2, 0.25) is 0 Å². The van der Waals surface area contributed by atoms with Crippen molar-refractivity contribution in [1.29, 1.82) is 0 Å². The third-order valence-electron chi connectivity index (χ3n) is 3.10. The van der Waals surface area contributed by atoms with E-state index in [1.165, 1.54) is 14.2 Å². The van der Waals surface area contributed by atoms with Gasteiger partial charge in [0, 0.05) is 6.07 Å². The molecule has 0 atom stereocenters. The molecule has 0 aliphatic rings. The zero-order chi connectivity index (χ0) is 18.2. The van der Waals surface area contributed by atoms with E-state index in [4.69, 9.17) is 9.47 Å². The summed E-state index contributed by atoms with van der Waals surface area (Å²) in [5.41, 5.74) is 0. The number of sulfone groups is 1. The van der Waals surface area contributed by atoms with E-state index in [1.54, 1.807) is 0 Å². The first-order chi connectivity index (χ1) is 11.2. The van der Waals surface area contributed by atoms with Crippen LogP contribution in [0.1, 0.15) is 0 Å². The second kappa shape index (κ2) is 6.27. The van der Waals surface area contributed by atoms with Crippen molar-refractivity contribution in [3.8, 4) is 11.5 Å². The van der Waals surface area contributed by atoms with Gasteiger partial charge in [0.15, 0.2) is 34.8 Å². The fraction of sp³-hybridized carbons (Fsp3) is 0.143. The molecule has 24 heavy (non-hydrogen) atoms. The summed E-state index contributed by atoms with van der Waals surface area (Å²) in [5, 5.41) is 0. The molecule has 0 aliphatic heterocycles. The summed E-state index contributed by atoms with van der Waals surface area (Å²) in [6.07, 6.45) is 0. The van der Waals surface area contributed by atoms with Gasteiger partial charge in [-0.2, -0.15) is 0 Å². The van der Waals surface area contributed by atoms with Crippen molar-refractivity contribution in [2.75, 3.05) is 14.2 Å². The maximum Gasteiger partial charge on any atom is 0.212 e. The van der Waals surface area contributed by atoms with Crippen LogP contribution in [0.5, 0.6) is 11.5 Å². The van der Waals surface area contributed by atoms with Gasteiger partial charge in [0.1, 0.15) is 4.90 Å². The highest BCUT2D eigenvalue weighted by atomic mass is 32.2. The monoisotopic (exact) mass is 368 g/mol. The van der Waals surface area contributed by atoms with E-state index in [2.05, 4.69) is 0 Å². The minimum Gasteiger partial charge on any atom is -0.493 e. The molecule has 0 saturated carbocycles. The predicted octanol–water partition coefficient (Wildman–Crippen LogP) is 3.23. The predicted molar refractivity (Wildman–Crippen MR) is 71.2 cm³/mol. The van der Waals surface area contributed by atoms with Crippen LogP contribution in [0.3, 0.4) is 0 Å². The molecule has 0 aliphatic carbocycles. The minimum absolute atomic E-state index is 0.105. The molecule has 0 saturated heterocycles. The Kier molecular flexibility index (Phi) is 4.70. The molecule has 2 rings (SSSR count). The third-order valence-corrected chi connectivity index (χ3v) is 4.87. The van der Waals surface area contributed by atoms with Crippen LogP contribution in [0.4, 0.5) is 22.0 Å². The number of ether oxygens (including phenoxy) is 2. The van der Waals surface area contributed by atoms with Crippen LogP contribution in [-0.4, -0.2) is 22.6 Å². The lowest BCUT2D eigenvalue weighted by molar-refractivity contribution is 0.353. The van der Waals surface area contributed by atoms with E-state index in [1.807, 2.05) is 0 Å². The molecule has 0 amide bonds. The summed E-state index contributed by atoms with van der Waals surface area (Å²) >= 11 is 0. The molecule has 2 aromatic rings. The molecule has 2 aromatic carbocycles. The first-order valence-corrected chi connectivity index (χ1v) is 7.63. The molecule has 0 N–H and O–H groups in total. The molecule has 0 unspecified atom stereocenters. The van der Waals surface area contributed by atoms with Gasteiger partial charge in [-0.15, -0.1) is 0 Å². The van der Waals surface area contributed by atoms with Crippen LogP contribution in [-0.2, 0) is 9.84 Å². The molecule has 0 bridgehead atoms. The molecule has 0 heterocycles. The Balaban J connectivity index is 2.78. The highest BCUT2D eigenvalue weighted by Gasteiger charge is 2.34. The van der Waals surface area contributed by atoms with Crippen LogP contribution in [0.25, 0.3) is 0 Å². The second-order valence-electron chi connectivity index (χ2n) is 4.42. The summed E-state index contributed by atoms with van der Waals surface area (Å²) in [5.74, 6) is -12.0. The molecule has 10 heteroatoms. The average Bonchev–Trinajstić information content (AvgIpc) is 2.57. The molecule has 0 aromatic heterocycles. The van der Waals surface area contributed by atoms with Gasteiger partial charge in [0.2, 0.25) is 15.7 Å². The first-order valence-electron chi connectivity index (χ1n) is 6.15. The molecule has 0 fully saturated rings. The highest BCUT2D eigenvalue weighted by Crippen LogP contribution is 2.35. The number of hydrogen-bond donors (Lipinski definition) is 0. The average molecular weight is 368 g/mol. The van der Waals surface area contributed by atoms with Crippen molar-refractivity contribution in [3.63, 3.8) is 0 Å². The standard InChI is InChI=1S/C14H9F5O4S/c1-22-7-4-3-6(5-8(7)23-2)24(20,21)14-12(18)10(16)9(15)11(17)13(14)19/h3-5H,1-2H3. The van der Waals surface area contributed by atoms with Gasteiger partial charge in [-0.1, -0.05) is 0 Å². The molecular weight excluding hydrogens is 359 g/mol. The smallest absolute Gasteiger partial charge is 0.212 e. The zero-order valence-electron chi connectivity index (χ0n) is 12.2. The minimum atomic E-state index is -5.05. The van der Waals surface area contributed by atoms with Crippen molar-refractivity contribution in [3.05, 3.63) is 47.3 Å². The molecular formula is C14H9F5O4S. The van der Waals surface area contributed by atoms with E-state index < -0.39 is 48.7 Å². The van der Waals surface area contributed by atoms with Gasteiger partial charge >= 0.3 is 0 Å². The van der Waals surface area contributed by atoms with Crippen molar-refractivity contribution in [1.82, 2.24) is 0 Å². The Hall–Kier alpha value is -2.36. The van der Waals surface area contributed by atoms with Crippen LogP contribution >= 0.6 is 0 Å². The Morgan fingerprint density at radius 3 is 1.67 bits per heavy atom. The normalized spacial score (nSPS) is 11.5. The summed E-state index contributed by atoms with van der Waals surface area (Å²) in [6.45, 7) is 0. The topological polar surface area (TPSA) is 52.6 Å². The summed E-state index contributed by atoms with van der Waals surface area (Å²) in [7, 11) is -2.62. The van der Waals surface area contributed by atoms with Gasteiger partial charge in [-0.3, -0.25) is 0 Å². The van der Waals surface area contributed by atoms with E-state index in [9.17, 15) is 30.4 Å². The Morgan fingerprint density at radius 1 is 0.750 bits per heavy atom. The van der Waals surface area contributed by atoms with Gasteiger partial charge in [-0.25, -0.2) is 30.4 Å². The maximum atomic E-state index is 13.8. The molecule has 130 valence electrons. The fourth-order valence-corrected chi connectivity index (χ4v) is 3.32. The number of benzene rings is 2. The SMILES string of the molecule is COc1ccc(S(=O)(=O)c2c(F)c(F)c(F)c(F)c2F)cc1OC. The summed E-state index contributed by atoms with van der Waals surface area (Å²) < 4.78 is 101. The quantitative estimate of drug-likeness (QED) is 0.360. The largest absolute Gasteiger partial charge is 0.493 e. The molecule has 0 spiro atoms. The fourth-order valence-electron chi connectivity index (χ4n) is 1.92. The van der Waals surface area contributed by atoms with Crippen molar-refractivity contribution in [2.24, 2.45) is 0 Å². The lowest BCUT2D eigenvalue weighted by Gasteiger charge is -2.12. The first kappa shape index (κ1) is 18.0. The Labute approximate surface area is 133 Å². The van der Waals surface area contributed by atoms with Crippen LogP contribution in [0, 0.1) is 29.1 Å². The summed E-state index contributed by atoms with van der Waals surface area (Å²) in [6, 6.07) is 2.83. The van der Waals surface area contributed by atoms with Crippen molar-refractivity contribution in [2.45, 2.75) is 9.79 Å². The number of halogens is 5. The number of rotatable bonds is 4. The lowest BCUT2D eigenvalue weighted by atomic mass is 10.3. The Bertz CT molecular complexity index is 883. The van der Waals surface area contributed by atoms with E-state index in [0.717, 1.165) is 18.2 Å². The van der Waals surface area contributed by atoms with Gasteiger partial charge in [0.25, 0.3) is 0 Å². The number of hydrogen-bond acceptors (Lipinski definition) is 4. The van der Waals surface area contributed by atoms with Crippen LogP contribution in [0.15, 0.2) is 28.0 Å². The van der Waals surface area contributed by atoms with Crippen molar-refractivity contribution < 1.29 is 39.8 Å². The van der Waals surface area contributed by atoms with Crippen molar-refractivity contribution >= 4 is 9.84 Å². The second-order valence-corrected chi connectivity index (χ2v) is 6.31. The zero-order valence-corrected chi connectivity index (χ0v) is 13.0. The highest BCUT2D eigenvalue weighted by molar-refractivity contribution is 7.91. The lowest BCUT2D eigenvalue weighted by Crippen LogP contribution is -2.13. The van der Waals surface area contributed by atoms with Gasteiger partial charge < -0.3 is 9.47 Å². The van der Waals surface area contributed by atoms with Gasteiger partial charge in [-0.05, 0) is 12.1 Å². The third kappa shape index (κ3) is 2.66. The van der Waals surface area contributed by atoms with E-state index in [0.29, 0.717) is 0 Å². The van der Waals surface area contributed by atoms with Gasteiger partial charge in [0.05, 0.1) is 19.1 Å². The van der Waals surface area contributed by atoms with E-state index in [-0.39, 0.29) is 11.5 Å². The van der Waals surface area contributed by atoms with Crippen LogP contribution < -0.4 is 9.47 Å². The number of methoxy groups -OCH3 is 2. The molecule has 4 nitrogen and oxygen atoms in total. The Morgan fingerprint density at radius 2 is 1.21 bits per heavy atom. The summed E-state index contributed by atoms with van der Waals surface area (Å²) in [4.78, 5) is -2.67. The molecule has 0 radical (unpaired) electrons. The van der Waals surface area contributed by atoms with E-state index >= 15 is 0 Å².